The van der Waals surface area contributed by atoms with E-state index in [0.717, 1.165) is 5.92 Å². The molecule has 1 heteroatoms. The van der Waals surface area contributed by atoms with E-state index in [9.17, 15) is 0 Å². The Labute approximate surface area is 73.8 Å². The van der Waals surface area contributed by atoms with E-state index in [-0.39, 0.29) is 0 Å². The van der Waals surface area contributed by atoms with Crippen molar-refractivity contribution in [1.82, 2.24) is 5.32 Å². The molecule has 1 N–H and O–H groups in total. The second-order valence-electron chi connectivity index (χ2n) is 3.51. The van der Waals surface area contributed by atoms with Crippen molar-refractivity contribution in [1.29, 1.82) is 0 Å². The molecule has 1 aliphatic rings. The van der Waals surface area contributed by atoms with Crippen molar-refractivity contribution in [3.63, 3.8) is 0 Å². The fourth-order valence-electron chi connectivity index (χ4n) is 1.76. The van der Waals surface area contributed by atoms with Gasteiger partial charge in [0.25, 0.3) is 0 Å². The second kappa shape index (κ2) is 3.28. The van der Waals surface area contributed by atoms with Crippen molar-refractivity contribution in [3.8, 4) is 0 Å². The lowest BCUT2D eigenvalue weighted by molar-refractivity contribution is 0.529. The maximum Gasteiger partial charge on any atom is 0.0346 e. The lowest BCUT2D eigenvalue weighted by atomic mass is 10.0. The topological polar surface area (TPSA) is 12.0 Å². The summed E-state index contributed by atoms with van der Waals surface area (Å²) >= 11 is 0. The Kier molecular flexibility index (Phi) is 2.13. The number of benzene rings is 1. The predicted molar refractivity (Wildman–Crippen MR) is 51.0 cm³/mol. The normalized spacial score (nSPS) is 19.1. The molecule has 1 nitrogen and oxygen atoms in total. The number of nitrogens with one attached hydrogen (secondary N) is 1. The average molecular weight is 161 g/mol. The Morgan fingerprint density at radius 1 is 1.25 bits per heavy atom. The molecule has 1 saturated carbocycles. The van der Waals surface area contributed by atoms with Crippen LogP contribution in [-0.4, -0.2) is 7.05 Å². The van der Waals surface area contributed by atoms with E-state index in [4.69, 9.17) is 0 Å². The van der Waals surface area contributed by atoms with Crippen LogP contribution in [0.1, 0.15) is 24.4 Å². The Balaban J connectivity index is 2.15. The summed E-state index contributed by atoms with van der Waals surface area (Å²) in [4.78, 5) is 0. The first-order valence-corrected chi connectivity index (χ1v) is 4.64. The van der Waals surface area contributed by atoms with Gasteiger partial charge in [-0.1, -0.05) is 30.3 Å². The van der Waals surface area contributed by atoms with Crippen molar-refractivity contribution in [3.05, 3.63) is 35.9 Å². The summed E-state index contributed by atoms with van der Waals surface area (Å²) in [5.41, 5.74) is 1.43. The van der Waals surface area contributed by atoms with Crippen LogP contribution in [0.5, 0.6) is 0 Å². The Bertz CT molecular complexity index is 238. The summed E-state index contributed by atoms with van der Waals surface area (Å²) in [6.07, 6.45) is 2.78. The van der Waals surface area contributed by atoms with Crippen molar-refractivity contribution in [2.45, 2.75) is 18.9 Å². The zero-order chi connectivity index (χ0) is 8.39. The van der Waals surface area contributed by atoms with Gasteiger partial charge in [-0.05, 0) is 31.4 Å². The van der Waals surface area contributed by atoms with Gasteiger partial charge in [-0.15, -0.1) is 0 Å². The van der Waals surface area contributed by atoms with Crippen molar-refractivity contribution >= 4 is 0 Å². The highest BCUT2D eigenvalue weighted by molar-refractivity contribution is 5.20. The highest BCUT2D eigenvalue weighted by Gasteiger charge is 2.30. The molecule has 1 aliphatic carbocycles. The van der Waals surface area contributed by atoms with E-state index in [1.807, 2.05) is 0 Å². The van der Waals surface area contributed by atoms with Gasteiger partial charge in [0, 0.05) is 6.04 Å². The molecule has 0 aliphatic heterocycles. The molecular weight excluding hydrogens is 146 g/mol. The summed E-state index contributed by atoms with van der Waals surface area (Å²) < 4.78 is 0. The molecule has 2 rings (SSSR count). The molecule has 1 aromatic rings. The predicted octanol–water partition coefficient (Wildman–Crippen LogP) is 2.36. The molecule has 0 heterocycles. The monoisotopic (exact) mass is 161 g/mol. The largest absolute Gasteiger partial charge is 0.313 e. The molecule has 1 fully saturated rings. The first-order valence-electron chi connectivity index (χ1n) is 4.64. The third-order valence-electron chi connectivity index (χ3n) is 2.56. The van der Waals surface area contributed by atoms with Gasteiger partial charge in [0.2, 0.25) is 0 Å². The van der Waals surface area contributed by atoms with Gasteiger partial charge < -0.3 is 5.32 Å². The summed E-state index contributed by atoms with van der Waals surface area (Å²) in [6, 6.07) is 11.3. The maximum atomic E-state index is 3.38. The van der Waals surface area contributed by atoms with Gasteiger partial charge in [0.1, 0.15) is 0 Å². The molecule has 1 atom stereocenters. The van der Waals surface area contributed by atoms with Gasteiger partial charge in [-0.3, -0.25) is 0 Å². The van der Waals surface area contributed by atoms with E-state index in [1.165, 1.54) is 18.4 Å². The average Bonchev–Trinajstić information content (AvgIpc) is 2.92. The molecule has 0 bridgehead atoms. The van der Waals surface area contributed by atoms with Crippen LogP contribution in [0.15, 0.2) is 30.3 Å². The molecule has 0 spiro atoms. The minimum absolute atomic E-state index is 0.589. The molecule has 64 valence electrons. The summed E-state index contributed by atoms with van der Waals surface area (Å²) in [6.45, 7) is 0. The molecule has 0 radical (unpaired) electrons. The van der Waals surface area contributed by atoms with Crippen LogP contribution in [0.2, 0.25) is 0 Å². The third kappa shape index (κ3) is 1.51. The van der Waals surface area contributed by atoms with E-state index in [2.05, 4.69) is 42.7 Å². The molecule has 12 heavy (non-hydrogen) atoms. The minimum Gasteiger partial charge on any atom is -0.313 e. The van der Waals surface area contributed by atoms with Crippen LogP contribution < -0.4 is 5.32 Å². The van der Waals surface area contributed by atoms with E-state index < -0.39 is 0 Å². The smallest absolute Gasteiger partial charge is 0.0346 e. The fourth-order valence-corrected chi connectivity index (χ4v) is 1.76. The first-order chi connectivity index (χ1) is 5.92. The van der Waals surface area contributed by atoms with Gasteiger partial charge >= 0.3 is 0 Å². The van der Waals surface area contributed by atoms with Crippen molar-refractivity contribution in [2.75, 3.05) is 7.05 Å². The SMILES string of the molecule is CN[C@@H](c1ccccc1)C1CC1. The standard InChI is InChI=1S/C11H15N/c1-12-11(10-7-8-10)9-5-3-2-4-6-9/h2-6,10-12H,7-8H2,1H3/t11-/m0/s1. The van der Waals surface area contributed by atoms with Crippen LogP contribution in [0, 0.1) is 5.92 Å². The van der Waals surface area contributed by atoms with Gasteiger partial charge in [0.15, 0.2) is 0 Å². The van der Waals surface area contributed by atoms with Crippen LogP contribution in [0.4, 0.5) is 0 Å². The Morgan fingerprint density at radius 3 is 2.42 bits per heavy atom. The van der Waals surface area contributed by atoms with E-state index in [1.54, 1.807) is 0 Å². The van der Waals surface area contributed by atoms with Crippen LogP contribution in [0.3, 0.4) is 0 Å². The van der Waals surface area contributed by atoms with Gasteiger partial charge in [0.05, 0.1) is 0 Å². The summed E-state index contributed by atoms with van der Waals surface area (Å²) in [5.74, 6) is 0.886. The fraction of sp³-hybridized carbons (Fsp3) is 0.455. The number of hydrogen-bond donors (Lipinski definition) is 1. The highest BCUT2D eigenvalue weighted by atomic mass is 14.9. The molecule has 1 aromatic carbocycles. The Morgan fingerprint density at radius 2 is 1.92 bits per heavy atom. The van der Waals surface area contributed by atoms with Crippen molar-refractivity contribution in [2.24, 2.45) is 5.92 Å². The summed E-state index contributed by atoms with van der Waals surface area (Å²) in [5, 5.41) is 3.38. The van der Waals surface area contributed by atoms with Crippen LogP contribution >= 0.6 is 0 Å². The van der Waals surface area contributed by atoms with Crippen molar-refractivity contribution < 1.29 is 0 Å². The van der Waals surface area contributed by atoms with Gasteiger partial charge in [-0.25, -0.2) is 0 Å². The molecule has 0 amide bonds. The lowest BCUT2D eigenvalue weighted by Crippen LogP contribution is -2.17. The van der Waals surface area contributed by atoms with Crippen LogP contribution in [-0.2, 0) is 0 Å². The van der Waals surface area contributed by atoms with E-state index in [0.29, 0.717) is 6.04 Å². The zero-order valence-electron chi connectivity index (χ0n) is 7.46. The number of rotatable bonds is 3. The molecule has 0 aromatic heterocycles. The Hall–Kier alpha value is -0.820. The second-order valence-corrected chi connectivity index (χ2v) is 3.51. The molecule has 0 unspecified atom stereocenters. The van der Waals surface area contributed by atoms with Gasteiger partial charge in [-0.2, -0.15) is 0 Å². The third-order valence-corrected chi connectivity index (χ3v) is 2.56. The summed E-state index contributed by atoms with van der Waals surface area (Å²) in [7, 11) is 2.05. The quantitative estimate of drug-likeness (QED) is 0.717. The maximum absolute atomic E-state index is 3.38. The molecular formula is C11H15N. The molecule has 0 saturated heterocycles. The number of hydrogen-bond acceptors (Lipinski definition) is 1. The zero-order valence-corrected chi connectivity index (χ0v) is 7.46. The van der Waals surface area contributed by atoms with Crippen LogP contribution in [0.25, 0.3) is 0 Å². The first kappa shape index (κ1) is 7.81. The van der Waals surface area contributed by atoms with E-state index >= 15 is 0 Å². The minimum atomic E-state index is 0.589. The lowest BCUT2D eigenvalue weighted by Gasteiger charge is -2.15. The highest BCUT2D eigenvalue weighted by Crippen LogP contribution is 2.40.